The average molecular weight is 471 g/mol. The Morgan fingerprint density at radius 3 is 2.44 bits per heavy atom. The average Bonchev–Trinajstić information content (AvgIpc) is 3.28. The lowest BCUT2D eigenvalue weighted by molar-refractivity contribution is 0.0910. The molecule has 0 bridgehead atoms. The van der Waals surface area contributed by atoms with Crippen molar-refractivity contribution in [3.63, 3.8) is 0 Å². The first-order chi connectivity index (χ1) is 16.2. The number of rotatable bonds is 8. The van der Waals surface area contributed by atoms with Crippen molar-refractivity contribution in [2.24, 2.45) is 5.41 Å². The highest BCUT2D eigenvalue weighted by Gasteiger charge is 2.27. The summed E-state index contributed by atoms with van der Waals surface area (Å²) in [4.78, 5) is 1.20. The third-order valence-corrected chi connectivity index (χ3v) is 6.24. The summed E-state index contributed by atoms with van der Waals surface area (Å²) in [6.07, 6.45) is 3.29. The summed E-state index contributed by atoms with van der Waals surface area (Å²) in [6, 6.07) is 9.49. The van der Waals surface area contributed by atoms with E-state index in [9.17, 15) is 13.9 Å². The van der Waals surface area contributed by atoms with E-state index in [1.807, 2.05) is 0 Å². The van der Waals surface area contributed by atoms with E-state index in [4.69, 9.17) is 0 Å². The maximum absolute atomic E-state index is 13.7. The predicted octanol–water partition coefficient (Wildman–Crippen LogP) is 3.75. The summed E-state index contributed by atoms with van der Waals surface area (Å²) in [5.41, 5.74) is 4.53. The van der Waals surface area contributed by atoms with E-state index in [1.165, 1.54) is 33.6 Å². The van der Waals surface area contributed by atoms with Crippen LogP contribution in [0.4, 0.5) is 8.78 Å². The Morgan fingerprint density at radius 1 is 1.06 bits per heavy atom. The molecule has 0 fully saturated rings. The highest BCUT2D eigenvalue weighted by molar-refractivity contribution is 5.36. The molecule has 0 saturated carbocycles. The van der Waals surface area contributed by atoms with Crippen LogP contribution < -0.4 is 5.32 Å². The van der Waals surface area contributed by atoms with E-state index in [-0.39, 0.29) is 24.4 Å². The number of aromatic nitrogens is 5. The van der Waals surface area contributed by atoms with Gasteiger partial charge in [-0.15, -0.1) is 4.80 Å². The lowest BCUT2D eigenvalue weighted by Gasteiger charge is -2.30. The maximum Gasteiger partial charge on any atom is 0.126 e. The monoisotopic (exact) mass is 470 g/mol. The largest absolute Gasteiger partial charge is 0.389 e. The first kappa shape index (κ1) is 24.3. The molecular weight excluding hydrogens is 438 g/mol. The number of fused-ring (bicyclic) bond motifs is 1. The number of halogens is 2. The van der Waals surface area contributed by atoms with Crippen molar-refractivity contribution < 1.29 is 13.9 Å². The summed E-state index contributed by atoms with van der Waals surface area (Å²) in [7, 11) is 0. The van der Waals surface area contributed by atoms with Gasteiger partial charge in [0.05, 0.1) is 6.10 Å². The molecule has 2 N–H and O–H groups in total. The number of aliphatic hydroxyl groups is 1. The smallest absolute Gasteiger partial charge is 0.126 e. The Bertz CT molecular complexity index is 1080. The van der Waals surface area contributed by atoms with Gasteiger partial charge in [0.15, 0.2) is 0 Å². The third-order valence-electron chi connectivity index (χ3n) is 6.24. The fraction of sp³-hybridized carbons (Fsp3) is 0.520. The van der Waals surface area contributed by atoms with Gasteiger partial charge < -0.3 is 10.4 Å². The van der Waals surface area contributed by atoms with Crippen LogP contribution in [0.15, 0.2) is 36.4 Å². The van der Waals surface area contributed by atoms with Gasteiger partial charge in [-0.05, 0) is 92.8 Å². The standard InChI is InChI=1S/C25H32F2N6O/c1-25(2,3)14-16-7-8-18-5-4-6-22(21(18)11-16)28-15-24(34)23(33-31-29-30-32-33)12-17-9-19(26)13-20(27)10-17/h7-11,13,22-24,28,34H,4-6,12,14-15H2,1-3H3. The molecule has 1 aliphatic rings. The summed E-state index contributed by atoms with van der Waals surface area (Å²) in [5, 5.41) is 29.2. The molecule has 1 aromatic heterocycles. The molecule has 2 aromatic carbocycles. The van der Waals surface area contributed by atoms with Gasteiger partial charge in [0, 0.05) is 18.7 Å². The van der Waals surface area contributed by atoms with Crippen molar-refractivity contribution >= 4 is 0 Å². The minimum absolute atomic E-state index is 0.118. The molecule has 7 nitrogen and oxygen atoms in total. The topological polar surface area (TPSA) is 88.8 Å². The predicted molar refractivity (Wildman–Crippen MR) is 124 cm³/mol. The molecule has 0 saturated heterocycles. The lowest BCUT2D eigenvalue weighted by atomic mass is 9.82. The molecule has 0 aliphatic heterocycles. The van der Waals surface area contributed by atoms with Crippen molar-refractivity contribution in [1.29, 1.82) is 0 Å². The summed E-state index contributed by atoms with van der Waals surface area (Å²) in [5.74, 6) is -1.34. The molecule has 0 spiro atoms. The van der Waals surface area contributed by atoms with E-state index in [2.05, 4.69) is 65.1 Å². The highest BCUT2D eigenvalue weighted by atomic mass is 19.1. The van der Waals surface area contributed by atoms with Gasteiger partial charge in [0.25, 0.3) is 0 Å². The summed E-state index contributed by atoms with van der Waals surface area (Å²) >= 11 is 0. The van der Waals surface area contributed by atoms with Gasteiger partial charge in [-0.25, -0.2) is 8.78 Å². The van der Waals surface area contributed by atoms with Crippen LogP contribution in [0.5, 0.6) is 0 Å². The van der Waals surface area contributed by atoms with E-state index < -0.39 is 23.8 Å². The Balaban J connectivity index is 1.49. The molecule has 4 rings (SSSR count). The Labute approximate surface area is 198 Å². The first-order valence-electron chi connectivity index (χ1n) is 11.8. The zero-order valence-corrected chi connectivity index (χ0v) is 19.9. The molecular formula is C25H32F2N6O. The van der Waals surface area contributed by atoms with Gasteiger partial charge in [0.2, 0.25) is 0 Å². The summed E-state index contributed by atoms with van der Waals surface area (Å²) < 4.78 is 27.4. The van der Waals surface area contributed by atoms with Crippen molar-refractivity contribution in [1.82, 2.24) is 31.0 Å². The van der Waals surface area contributed by atoms with E-state index in [0.29, 0.717) is 5.56 Å². The molecule has 182 valence electrons. The van der Waals surface area contributed by atoms with Crippen LogP contribution in [-0.4, -0.2) is 43.4 Å². The van der Waals surface area contributed by atoms with E-state index >= 15 is 0 Å². The van der Waals surface area contributed by atoms with Gasteiger partial charge in [-0.3, -0.25) is 0 Å². The van der Waals surface area contributed by atoms with Crippen LogP contribution in [0.25, 0.3) is 0 Å². The second kappa shape index (κ2) is 10.2. The normalized spacial score (nSPS) is 17.9. The van der Waals surface area contributed by atoms with Crippen LogP contribution >= 0.6 is 0 Å². The zero-order chi connectivity index (χ0) is 24.3. The fourth-order valence-corrected chi connectivity index (χ4v) is 4.79. The first-order valence-corrected chi connectivity index (χ1v) is 11.8. The van der Waals surface area contributed by atoms with Crippen LogP contribution in [-0.2, 0) is 19.3 Å². The third kappa shape index (κ3) is 6.21. The van der Waals surface area contributed by atoms with Gasteiger partial charge >= 0.3 is 0 Å². The van der Waals surface area contributed by atoms with Gasteiger partial charge in [-0.1, -0.05) is 39.0 Å². The van der Waals surface area contributed by atoms with Gasteiger partial charge in [-0.2, -0.15) is 0 Å². The number of aliphatic hydroxyl groups excluding tert-OH is 1. The number of hydrogen-bond donors (Lipinski definition) is 2. The Kier molecular flexibility index (Phi) is 7.33. The molecule has 3 aromatic rings. The molecule has 34 heavy (non-hydrogen) atoms. The van der Waals surface area contributed by atoms with Gasteiger partial charge in [0.1, 0.15) is 17.7 Å². The maximum atomic E-state index is 13.7. The SMILES string of the molecule is CC(C)(C)Cc1ccc2c(c1)C(NCC(O)C(Cc1cc(F)cc(F)c1)n1nnnn1)CCC2. The van der Waals surface area contributed by atoms with Crippen LogP contribution in [0.2, 0.25) is 0 Å². The van der Waals surface area contributed by atoms with Crippen molar-refractivity contribution in [2.45, 2.75) is 71.1 Å². The Hall–Kier alpha value is -2.78. The van der Waals surface area contributed by atoms with Crippen molar-refractivity contribution in [2.75, 3.05) is 6.54 Å². The number of aryl methyl sites for hydroxylation is 1. The van der Waals surface area contributed by atoms with Crippen LogP contribution in [0.3, 0.4) is 0 Å². The number of nitrogens with zero attached hydrogens (tertiary/aromatic N) is 5. The summed E-state index contributed by atoms with van der Waals surface area (Å²) in [6.45, 7) is 6.96. The highest BCUT2D eigenvalue weighted by Crippen LogP contribution is 2.32. The molecule has 0 radical (unpaired) electrons. The van der Waals surface area contributed by atoms with E-state index in [0.717, 1.165) is 31.7 Å². The molecule has 1 aliphatic carbocycles. The van der Waals surface area contributed by atoms with E-state index in [1.54, 1.807) is 0 Å². The second-order valence-electron chi connectivity index (χ2n) is 10.4. The molecule has 1 heterocycles. The fourth-order valence-electron chi connectivity index (χ4n) is 4.79. The minimum atomic E-state index is -0.925. The molecule has 3 atom stereocenters. The molecule has 9 heteroatoms. The molecule has 3 unspecified atom stereocenters. The van der Waals surface area contributed by atoms with Crippen molar-refractivity contribution in [3.05, 3.63) is 70.3 Å². The minimum Gasteiger partial charge on any atom is -0.389 e. The van der Waals surface area contributed by atoms with Crippen LogP contribution in [0, 0.1) is 17.0 Å². The number of nitrogens with one attached hydrogen (secondary N) is 1. The van der Waals surface area contributed by atoms with Crippen molar-refractivity contribution in [3.8, 4) is 0 Å². The number of benzene rings is 2. The number of hydrogen-bond acceptors (Lipinski definition) is 6. The lowest BCUT2D eigenvalue weighted by Crippen LogP contribution is -2.39. The van der Waals surface area contributed by atoms with Crippen LogP contribution in [0.1, 0.15) is 68.0 Å². The second-order valence-corrected chi connectivity index (χ2v) is 10.4. The zero-order valence-electron chi connectivity index (χ0n) is 19.9. The Morgan fingerprint density at radius 2 is 1.76 bits per heavy atom. The molecule has 0 amide bonds. The quantitative estimate of drug-likeness (QED) is 0.521.